The lowest BCUT2D eigenvalue weighted by molar-refractivity contribution is -0.140. The number of thioether (sulfide) groups is 1. The molecule has 0 bridgehead atoms. The minimum Gasteiger partial charge on any atom is -0.495 e. The van der Waals surface area contributed by atoms with Crippen LogP contribution < -0.4 is 26.8 Å². The van der Waals surface area contributed by atoms with Crippen molar-refractivity contribution in [2.24, 2.45) is 11.5 Å². The molecule has 0 radical (unpaired) electrons. The molecule has 7 nitrogen and oxygen atoms in total. The van der Waals surface area contributed by atoms with Crippen molar-refractivity contribution >= 4 is 34.0 Å². The SMILES string of the molecule is CN.CN.COc1cc(SC)ccc1NCC#Cc1cc2c(NC3CCN(C)CC3)cccc2n1CC(F)(F)F. The Kier molecular flexibility index (Phi) is 13.5. The number of hydrogen-bond acceptors (Lipinski definition) is 7. The van der Waals surface area contributed by atoms with Crippen molar-refractivity contribution < 1.29 is 17.9 Å². The van der Waals surface area contributed by atoms with E-state index < -0.39 is 12.7 Å². The molecular weight excluding hydrogens is 537 g/mol. The highest BCUT2D eigenvalue weighted by molar-refractivity contribution is 7.98. The predicted molar refractivity (Wildman–Crippen MR) is 163 cm³/mol. The third-order valence-electron chi connectivity index (χ3n) is 6.35. The van der Waals surface area contributed by atoms with E-state index >= 15 is 0 Å². The summed E-state index contributed by atoms with van der Waals surface area (Å²) >= 11 is 1.61. The lowest BCUT2D eigenvalue weighted by atomic mass is 10.0. The number of nitrogens with two attached hydrogens (primary N) is 2. The van der Waals surface area contributed by atoms with Crippen LogP contribution in [0.5, 0.6) is 5.75 Å². The Morgan fingerprint density at radius 1 is 1.05 bits per heavy atom. The molecule has 6 N–H and O–H groups in total. The van der Waals surface area contributed by atoms with Gasteiger partial charge in [-0.3, -0.25) is 0 Å². The number of ether oxygens (including phenoxy) is 1. The minimum atomic E-state index is -4.36. The summed E-state index contributed by atoms with van der Waals surface area (Å²) in [5, 5.41) is 7.52. The van der Waals surface area contributed by atoms with Crippen LogP contribution in [0.15, 0.2) is 47.4 Å². The molecule has 11 heteroatoms. The number of rotatable bonds is 7. The zero-order valence-electron chi connectivity index (χ0n) is 23.9. The molecule has 0 aliphatic carbocycles. The summed E-state index contributed by atoms with van der Waals surface area (Å²) in [6.07, 6.45) is -0.377. The van der Waals surface area contributed by atoms with Crippen LogP contribution in [0.1, 0.15) is 18.5 Å². The van der Waals surface area contributed by atoms with Gasteiger partial charge in [0.15, 0.2) is 0 Å². The first-order chi connectivity index (χ1) is 19.3. The topological polar surface area (TPSA) is 93.5 Å². The van der Waals surface area contributed by atoms with E-state index in [1.54, 1.807) is 37.1 Å². The number of halogens is 3. The number of fused-ring (bicyclic) bond motifs is 1. The molecule has 2 heterocycles. The van der Waals surface area contributed by atoms with Crippen molar-refractivity contribution in [1.29, 1.82) is 0 Å². The Labute approximate surface area is 239 Å². The van der Waals surface area contributed by atoms with E-state index in [-0.39, 0.29) is 6.54 Å². The van der Waals surface area contributed by atoms with E-state index in [4.69, 9.17) is 4.74 Å². The van der Waals surface area contributed by atoms with Crippen molar-refractivity contribution in [1.82, 2.24) is 9.47 Å². The molecule has 3 aromatic rings. The Morgan fingerprint density at radius 3 is 2.38 bits per heavy atom. The van der Waals surface area contributed by atoms with Gasteiger partial charge >= 0.3 is 6.18 Å². The molecule has 1 aliphatic rings. The van der Waals surface area contributed by atoms with Crippen LogP contribution in [0, 0.1) is 11.8 Å². The normalized spacial score (nSPS) is 13.8. The smallest absolute Gasteiger partial charge is 0.406 e. The first-order valence-corrected chi connectivity index (χ1v) is 14.2. The maximum absolute atomic E-state index is 13.5. The van der Waals surface area contributed by atoms with Crippen LogP contribution in [-0.2, 0) is 6.54 Å². The molecule has 0 unspecified atom stereocenters. The first kappa shape index (κ1) is 33.2. The van der Waals surface area contributed by atoms with E-state index in [2.05, 4.69) is 45.9 Å². The number of aromatic nitrogens is 1. The zero-order chi connectivity index (χ0) is 29.7. The highest BCUT2D eigenvalue weighted by atomic mass is 32.2. The maximum Gasteiger partial charge on any atom is 0.406 e. The van der Waals surface area contributed by atoms with Crippen molar-refractivity contribution in [2.45, 2.75) is 36.5 Å². The van der Waals surface area contributed by atoms with Crippen LogP contribution in [0.25, 0.3) is 10.9 Å². The number of benzene rings is 2. The van der Waals surface area contributed by atoms with E-state index in [1.165, 1.54) is 18.7 Å². The van der Waals surface area contributed by atoms with E-state index in [9.17, 15) is 13.2 Å². The minimum absolute atomic E-state index is 0.267. The second-order valence-electron chi connectivity index (χ2n) is 8.91. The number of alkyl halides is 3. The van der Waals surface area contributed by atoms with Gasteiger partial charge in [-0.1, -0.05) is 12.0 Å². The van der Waals surface area contributed by atoms with Gasteiger partial charge in [0.25, 0.3) is 0 Å². The summed E-state index contributed by atoms with van der Waals surface area (Å²) in [4.78, 5) is 3.36. The third-order valence-corrected chi connectivity index (χ3v) is 7.08. The molecule has 4 rings (SSSR count). The molecule has 40 heavy (non-hydrogen) atoms. The van der Waals surface area contributed by atoms with Crippen molar-refractivity contribution in [3.05, 3.63) is 48.2 Å². The fourth-order valence-electron chi connectivity index (χ4n) is 4.46. The zero-order valence-corrected chi connectivity index (χ0v) is 24.7. The summed E-state index contributed by atoms with van der Waals surface area (Å²) in [5.74, 6) is 6.64. The highest BCUT2D eigenvalue weighted by Gasteiger charge is 2.30. The summed E-state index contributed by atoms with van der Waals surface area (Å²) < 4.78 is 47.1. The van der Waals surface area contributed by atoms with Crippen LogP contribution >= 0.6 is 11.8 Å². The molecule has 2 aromatic carbocycles. The van der Waals surface area contributed by atoms with Gasteiger partial charge in [0.1, 0.15) is 12.3 Å². The van der Waals surface area contributed by atoms with Gasteiger partial charge in [-0.2, -0.15) is 13.2 Å². The summed E-state index contributed by atoms with van der Waals surface area (Å²) in [7, 11) is 6.70. The Balaban J connectivity index is 0.00000134. The Morgan fingerprint density at radius 2 is 1.75 bits per heavy atom. The van der Waals surface area contributed by atoms with Gasteiger partial charge in [-0.15, -0.1) is 11.8 Å². The molecule has 1 fully saturated rings. The van der Waals surface area contributed by atoms with E-state index in [1.807, 2.05) is 30.5 Å². The maximum atomic E-state index is 13.5. The third kappa shape index (κ3) is 9.27. The van der Waals surface area contributed by atoms with Crippen molar-refractivity contribution in [3.8, 4) is 17.6 Å². The average molecular weight is 579 g/mol. The number of piperidine rings is 1. The van der Waals surface area contributed by atoms with Gasteiger partial charge in [0.2, 0.25) is 0 Å². The molecule has 220 valence electrons. The fourth-order valence-corrected chi connectivity index (χ4v) is 4.88. The van der Waals surface area contributed by atoms with Gasteiger partial charge in [-0.05, 0) is 95.6 Å². The number of methoxy groups -OCH3 is 1. The second kappa shape index (κ2) is 16.3. The number of nitrogens with zero attached hydrogens (tertiary/aromatic N) is 2. The standard InChI is InChI=1S/C27H31F3N4OS.2CH5N/c1-33-14-11-19(12-15-33)32-23-7-4-8-25-22(23)16-20(34(25)18-27(28,29)30)6-5-13-31-24-10-9-21(36-3)17-26(24)35-2;2*1-2/h4,7-10,16-17,19,31-32H,11-15,18H2,1-3H3;2*2H2,1H3. The molecule has 0 amide bonds. The number of likely N-dealkylation sites (tertiary alicyclic amines) is 1. The molecule has 0 spiro atoms. The molecule has 0 atom stereocenters. The molecule has 1 aromatic heterocycles. The predicted octanol–water partition coefficient (Wildman–Crippen LogP) is 5.05. The van der Waals surface area contributed by atoms with Gasteiger partial charge in [0.05, 0.1) is 30.6 Å². The molecular formula is C29H41F3N6OS. The first-order valence-electron chi connectivity index (χ1n) is 13.0. The van der Waals surface area contributed by atoms with Gasteiger partial charge in [-0.25, -0.2) is 0 Å². The van der Waals surface area contributed by atoms with Crippen LogP contribution in [-0.4, -0.2) is 75.8 Å². The lowest BCUT2D eigenvalue weighted by Gasteiger charge is -2.30. The Bertz CT molecular complexity index is 1260. The van der Waals surface area contributed by atoms with E-state index in [0.717, 1.165) is 47.6 Å². The lowest BCUT2D eigenvalue weighted by Crippen LogP contribution is -2.36. The summed E-state index contributed by atoms with van der Waals surface area (Å²) in [6, 6.07) is 13.3. The highest BCUT2D eigenvalue weighted by Crippen LogP contribution is 2.32. The molecule has 0 saturated carbocycles. The Hall–Kier alpha value is -3.04. The van der Waals surface area contributed by atoms with Crippen LogP contribution in [0.2, 0.25) is 0 Å². The molecule has 1 aliphatic heterocycles. The average Bonchev–Trinajstić information content (AvgIpc) is 3.31. The summed E-state index contributed by atoms with van der Waals surface area (Å²) in [5.41, 5.74) is 11.5. The fraction of sp³-hybridized carbons (Fsp3) is 0.448. The van der Waals surface area contributed by atoms with E-state index in [0.29, 0.717) is 23.0 Å². The van der Waals surface area contributed by atoms with Crippen molar-refractivity contribution in [3.63, 3.8) is 0 Å². The molecule has 1 saturated heterocycles. The number of nitrogens with one attached hydrogen (secondary N) is 2. The largest absolute Gasteiger partial charge is 0.495 e. The number of hydrogen-bond donors (Lipinski definition) is 4. The second-order valence-corrected chi connectivity index (χ2v) is 9.79. The summed E-state index contributed by atoms with van der Waals surface area (Å²) in [6.45, 7) is 1.17. The van der Waals surface area contributed by atoms with Gasteiger partial charge in [0, 0.05) is 22.0 Å². The van der Waals surface area contributed by atoms with Crippen LogP contribution in [0.4, 0.5) is 24.5 Å². The van der Waals surface area contributed by atoms with Crippen LogP contribution in [0.3, 0.4) is 0 Å². The van der Waals surface area contributed by atoms with Gasteiger partial charge < -0.3 is 36.3 Å². The monoisotopic (exact) mass is 578 g/mol. The van der Waals surface area contributed by atoms with Crippen molar-refractivity contribution in [2.75, 3.05) is 64.8 Å². The number of anilines is 2. The quantitative estimate of drug-likeness (QED) is 0.230.